The molecule has 2 aromatic rings. The molecular weight excluding hydrogens is 342 g/mol. The first-order valence-electron chi connectivity index (χ1n) is 9.15. The van der Waals surface area contributed by atoms with Gasteiger partial charge in [0.1, 0.15) is 5.92 Å². The first-order valence-corrected chi connectivity index (χ1v) is 9.15. The lowest BCUT2D eigenvalue weighted by molar-refractivity contribution is -0.166. The zero-order valence-corrected chi connectivity index (χ0v) is 15.5. The second-order valence-electron chi connectivity index (χ2n) is 6.70. The molecule has 0 aromatic heterocycles. The van der Waals surface area contributed by atoms with Crippen LogP contribution in [0.3, 0.4) is 0 Å². The van der Waals surface area contributed by atoms with Gasteiger partial charge >= 0.3 is 5.97 Å². The fraction of sp³-hybridized carbons (Fsp3) is 0.318. The number of carbonyl (C=O) groups is 3. The van der Waals surface area contributed by atoms with Crippen LogP contribution in [0.5, 0.6) is 0 Å². The van der Waals surface area contributed by atoms with E-state index in [9.17, 15) is 14.4 Å². The van der Waals surface area contributed by atoms with Gasteiger partial charge in [0, 0.05) is 11.8 Å². The normalized spacial score (nSPS) is 22.6. The Balaban J connectivity index is 1.99. The molecule has 2 aromatic carbocycles. The van der Waals surface area contributed by atoms with Crippen LogP contribution in [0.15, 0.2) is 60.7 Å². The topological polar surface area (TPSA) is 63.7 Å². The molecule has 5 nitrogen and oxygen atoms in total. The van der Waals surface area contributed by atoms with Crippen LogP contribution in [0.4, 0.5) is 0 Å². The van der Waals surface area contributed by atoms with Crippen LogP contribution in [-0.2, 0) is 25.7 Å². The van der Waals surface area contributed by atoms with Gasteiger partial charge in [0.25, 0.3) is 0 Å². The van der Waals surface area contributed by atoms with Gasteiger partial charge in [-0.15, -0.1) is 0 Å². The summed E-state index contributed by atoms with van der Waals surface area (Å²) in [6.45, 7) is 3.82. The minimum Gasteiger partial charge on any atom is -0.465 e. The van der Waals surface area contributed by atoms with E-state index in [-0.39, 0.29) is 19.1 Å². The third kappa shape index (κ3) is 3.77. The van der Waals surface area contributed by atoms with Crippen molar-refractivity contribution in [2.75, 3.05) is 6.61 Å². The average molecular weight is 365 g/mol. The summed E-state index contributed by atoms with van der Waals surface area (Å²) in [6.07, 6.45) is 0. The van der Waals surface area contributed by atoms with E-state index in [2.05, 4.69) is 0 Å². The van der Waals surface area contributed by atoms with Gasteiger partial charge in [-0.2, -0.15) is 0 Å². The maximum atomic E-state index is 13.2. The van der Waals surface area contributed by atoms with Crippen molar-refractivity contribution in [1.29, 1.82) is 0 Å². The summed E-state index contributed by atoms with van der Waals surface area (Å²) in [5.74, 6) is -3.40. The highest BCUT2D eigenvalue weighted by atomic mass is 16.5. The lowest BCUT2D eigenvalue weighted by atomic mass is 9.73. The highest BCUT2D eigenvalue weighted by Crippen LogP contribution is 2.39. The lowest BCUT2D eigenvalue weighted by Crippen LogP contribution is -2.54. The highest BCUT2D eigenvalue weighted by Gasteiger charge is 2.50. The summed E-state index contributed by atoms with van der Waals surface area (Å²) in [7, 11) is 0. The summed E-state index contributed by atoms with van der Waals surface area (Å²) >= 11 is 0. The van der Waals surface area contributed by atoms with E-state index < -0.39 is 29.6 Å². The standard InChI is InChI=1S/C22H23NO4/c1-3-27-22(26)19-18(17-12-8-5-9-13-17)15(2)20(24)23(21(19)25)14-16-10-6-4-7-11-16/h4-13,15,18-19H,3,14H2,1-2H3/t15-,18+,19+/m1/s1. The van der Waals surface area contributed by atoms with E-state index in [0.717, 1.165) is 11.1 Å². The fourth-order valence-corrected chi connectivity index (χ4v) is 3.68. The zero-order valence-electron chi connectivity index (χ0n) is 15.5. The maximum absolute atomic E-state index is 13.2. The van der Waals surface area contributed by atoms with Crippen LogP contribution in [0.1, 0.15) is 30.9 Å². The van der Waals surface area contributed by atoms with Gasteiger partial charge in [0.2, 0.25) is 11.8 Å². The molecule has 0 unspecified atom stereocenters. The van der Waals surface area contributed by atoms with E-state index in [1.807, 2.05) is 60.7 Å². The SMILES string of the molecule is CCOC(=O)[C@@H]1C(=O)N(Cc2ccccc2)C(=O)[C@H](C)[C@H]1c1ccccc1. The number of nitrogens with zero attached hydrogens (tertiary/aromatic N) is 1. The van der Waals surface area contributed by atoms with Gasteiger partial charge in [-0.05, 0) is 18.1 Å². The molecule has 1 fully saturated rings. The molecule has 1 aliphatic rings. The quantitative estimate of drug-likeness (QED) is 0.464. The van der Waals surface area contributed by atoms with Crippen molar-refractivity contribution in [3.8, 4) is 0 Å². The molecule has 3 atom stereocenters. The molecule has 3 rings (SSSR count). The minimum absolute atomic E-state index is 0.153. The molecule has 0 N–H and O–H groups in total. The number of imide groups is 1. The Kier molecular flexibility index (Phi) is 5.69. The van der Waals surface area contributed by atoms with E-state index >= 15 is 0 Å². The molecule has 0 spiro atoms. The molecule has 0 radical (unpaired) electrons. The Hall–Kier alpha value is -2.95. The average Bonchev–Trinajstić information content (AvgIpc) is 2.69. The van der Waals surface area contributed by atoms with Crippen molar-refractivity contribution in [2.45, 2.75) is 26.3 Å². The van der Waals surface area contributed by atoms with E-state index in [1.54, 1.807) is 13.8 Å². The summed E-state index contributed by atoms with van der Waals surface area (Å²) in [4.78, 5) is 40.0. The number of ether oxygens (including phenoxy) is 1. The minimum atomic E-state index is -1.02. The lowest BCUT2D eigenvalue weighted by Gasteiger charge is -2.39. The smallest absolute Gasteiger partial charge is 0.319 e. The molecule has 0 aliphatic carbocycles. The molecule has 2 amide bonds. The summed E-state index contributed by atoms with van der Waals surface area (Å²) in [5.41, 5.74) is 1.64. The monoisotopic (exact) mass is 365 g/mol. The molecule has 5 heteroatoms. The van der Waals surface area contributed by atoms with Crippen LogP contribution >= 0.6 is 0 Å². The highest BCUT2D eigenvalue weighted by molar-refractivity contribution is 6.09. The number of rotatable bonds is 5. The number of piperidine rings is 1. The van der Waals surface area contributed by atoms with Gasteiger partial charge in [0.05, 0.1) is 13.2 Å². The number of likely N-dealkylation sites (tertiary alicyclic amines) is 1. The van der Waals surface area contributed by atoms with E-state index in [0.29, 0.717) is 0 Å². The number of amides is 2. The molecule has 140 valence electrons. The molecule has 1 aliphatic heterocycles. The molecule has 0 saturated carbocycles. The third-order valence-corrected chi connectivity index (χ3v) is 4.99. The predicted octanol–water partition coefficient (Wildman–Crippen LogP) is 3.15. The Morgan fingerprint density at radius 2 is 1.56 bits per heavy atom. The molecular formula is C22H23NO4. The summed E-state index contributed by atoms with van der Waals surface area (Å²) in [6, 6.07) is 18.5. The largest absolute Gasteiger partial charge is 0.465 e. The summed E-state index contributed by atoms with van der Waals surface area (Å²) in [5, 5.41) is 0. The Morgan fingerprint density at radius 3 is 2.15 bits per heavy atom. The van der Waals surface area contributed by atoms with Crippen LogP contribution in [0, 0.1) is 11.8 Å². The van der Waals surface area contributed by atoms with Gasteiger partial charge in [0.15, 0.2) is 0 Å². The van der Waals surface area contributed by atoms with E-state index in [4.69, 9.17) is 4.74 Å². The van der Waals surface area contributed by atoms with Gasteiger partial charge in [-0.3, -0.25) is 19.3 Å². The number of esters is 1. The Bertz CT molecular complexity index is 819. The van der Waals surface area contributed by atoms with Crippen LogP contribution in [0.25, 0.3) is 0 Å². The number of hydrogen-bond acceptors (Lipinski definition) is 4. The summed E-state index contributed by atoms with van der Waals surface area (Å²) < 4.78 is 5.19. The van der Waals surface area contributed by atoms with Crippen molar-refractivity contribution in [2.24, 2.45) is 11.8 Å². The van der Waals surface area contributed by atoms with Gasteiger partial charge < -0.3 is 4.74 Å². The second-order valence-corrected chi connectivity index (χ2v) is 6.70. The second kappa shape index (κ2) is 8.16. The van der Waals surface area contributed by atoms with Crippen molar-refractivity contribution < 1.29 is 19.1 Å². The Labute approximate surface area is 158 Å². The maximum Gasteiger partial charge on any atom is 0.319 e. The first kappa shape index (κ1) is 18.8. The predicted molar refractivity (Wildman–Crippen MR) is 100 cm³/mol. The first-order chi connectivity index (χ1) is 13.0. The molecule has 27 heavy (non-hydrogen) atoms. The zero-order chi connectivity index (χ0) is 19.4. The van der Waals surface area contributed by atoms with Gasteiger partial charge in [-0.25, -0.2) is 0 Å². The molecule has 1 heterocycles. The van der Waals surface area contributed by atoms with Crippen molar-refractivity contribution in [3.63, 3.8) is 0 Å². The van der Waals surface area contributed by atoms with Crippen molar-refractivity contribution in [1.82, 2.24) is 4.90 Å². The molecule has 0 bridgehead atoms. The number of hydrogen-bond donors (Lipinski definition) is 0. The van der Waals surface area contributed by atoms with E-state index in [1.165, 1.54) is 4.90 Å². The van der Waals surface area contributed by atoms with Crippen LogP contribution < -0.4 is 0 Å². The third-order valence-electron chi connectivity index (χ3n) is 4.99. The number of benzene rings is 2. The van der Waals surface area contributed by atoms with Crippen molar-refractivity contribution >= 4 is 17.8 Å². The van der Waals surface area contributed by atoms with Crippen LogP contribution in [-0.4, -0.2) is 29.3 Å². The van der Waals surface area contributed by atoms with Gasteiger partial charge in [-0.1, -0.05) is 67.6 Å². The number of carbonyl (C=O) groups excluding carboxylic acids is 3. The van der Waals surface area contributed by atoms with Crippen LogP contribution in [0.2, 0.25) is 0 Å². The Morgan fingerprint density at radius 1 is 0.963 bits per heavy atom. The van der Waals surface area contributed by atoms with Crippen molar-refractivity contribution in [3.05, 3.63) is 71.8 Å². The fourth-order valence-electron chi connectivity index (χ4n) is 3.68. The molecule has 1 saturated heterocycles.